The van der Waals surface area contributed by atoms with Crippen LogP contribution in [0.1, 0.15) is 31.4 Å². The van der Waals surface area contributed by atoms with Crippen molar-refractivity contribution in [3.63, 3.8) is 0 Å². The molecule has 0 saturated heterocycles. The van der Waals surface area contributed by atoms with Crippen LogP contribution in [0.15, 0.2) is 18.3 Å². The molecule has 1 atom stereocenters. The lowest BCUT2D eigenvalue weighted by atomic mass is 10.1. The quantitative estimate of drug-likeness (QED) is 0.813. The molecular weight excluding hydrogens is 214 g/mol. The molecule has 1 saturated carbocycles. The van der Waals surface area contributed by atoms with Crippen molar-refractivity contribution in [2.24, 2.45) is 5.73 Å². The van der Waals surface area contributed by atoms with Gasteiger partial charge in [0.25, 0.3) is 0 Å². The highest BCUT2D eigenvalue weighted by Crippen LogP contribution is 2.24. The molecule has 94 valence electrons. The lowest BCUT2D eigenvalue weighted by molar-refractivity contribution is 0.226. The highest BCUT2D eigenvalue weighted by molar-refractivity contribution is 5.22. The van der Waals surface area contributed by atoms with Gasteiger partial charge in [0.2, 0.25) is 5.88 Å². The van der Waals surface area contributed by atoms with Gasteiger partial charge in [-0.05, 0) is 38.4 Å². The van der Waals surface area contributed by atoms with Crippen LogP contribution in [0.2, 0.25) is 0 Å². The Morgan fingerprint density at radius 3 is 3.00 bits per heavy atom. The van der Waals surface area contributed by atoms with Crippen molar-refractivity contribution in [1.29, 1.82) is 0 Å². The molecule has 1 aromatic rings. The first-order valence-corrected chi connectivity index (χ1v) is 6.21. The van der Waals surface area contributed by atoms with Crippen LogP contribution in [0, 0.1) is 0 Å². The molecule has 0 radical (unpaired) electrons. The zero-order chi connectivity index (χ0) is 12.3. The maximum absolute atomic E-state index is 5.82. The summed E-state index contributed by atoms with van der Waals surface area (Å²) in [5.74, 6) is 0.670. The molecular formula is C13H21N3O. The zero-order valence-corrected chi connectivity index (χ0v) is 10.6. The van der Waals surface area contributed by atoms with E-state index in [9.17, 15) is 0 Å². The molecule has 1 fully saturated rings. The summed E-state index contributed by atoms with van der Waals surface area (Å²) in [6.45, 7) is 3.59. The SMILES string of the molecule is C[C@H](N)c1ccnc(OCCN(C)C2CC2)c1. The van der Waals surface area contributed by atoms with Crippen LogP contribution >= 0.6 is 0 Å². The number of hydrogen-bond donors (Lipinski definition) is 1. The van der Waals surface area contributed by atoms with Gasteiger partial charge in [0, 0.05) is 30.9 Å². The Morgan fingerprint density at radius 1 is 1.59 bits per heavy atom. The summed E-state index contributed by atoms with van der Waals surface area (Å²) in [5.41, 5.74) is 6.88. The Balaban J connectivity index is 1.79. The topological polar surface area (TPSA) is 51.4 Å². The van der Waals surface area contributed by atoms with Gasteiger partial charge in [0.1, 0.15) is 6.61 Å². The number of nitrogens with two attached hydrogens (primary N) is 1. The molecule has 0 spiro atoms. The predicted octanol–water partition coefficient (Wildman–Crippen LogP) is 1.57. The summed E-state index contributed by atoms with van der Waals surface area (Å²) in [6, 6.07) is 4.65. The standard InChI is InChI=1S/C13H21N3O/c1-10(14)11-5-6-15-13(9-11)17-8-7-16(2)12-3-4-12/h5-6,9-10,12H,3-4,7-8,14H2,1-2H3/t10-/m0/s1. The van der Waals surface area contributed by atoms with Gasteiger partial charge in [0.05, 0.1) is 0 Å². The predicted molar refractivity (Wildman–Crippen MR) is 68.0 cm³/mol. The van der Waals surface area contributed by atoms with E-state index in [4.69, 9.17) is 10.5 Å². The first-order chi connectivity index (χ1) is 8.16. The van der Waals surface area contributed by atoms with E-state index >= 15 is 0 Å². The number of hydrogen-bond acceptors (Lipinski definition) is 4. The van der Waals surface area contributed by atoms with E-state index < -0.39 is 0 Å². The van der Waals surface area contributed by atoms with Gasteiger partial charge in [-0.3, -0.25) is 0 Å². The monoisotopic (exact) mass is 235 g/mol. The Bertz CT molecular complexity index is 363. The van der Waals surface area contributed by atoms with Crippen molar-refractivity contribution >= 4 is 0 Å². The molecule has 1 aromatic heterocycles. The highest BCUT2D eigenvalue weighted by Gasteiger charge is 2.25. The van der Waals surface area contributed by atoms with Crippen molar-refractivity contribution < 1.29 is 4.74 Å². The first kappa shape index (κ1) is 12.3. The molecule has 0 unspecified atom stereocenters. The van der Waals surface area contributed by atoms with Gasteiger partial charge in [-0.2, -0.15) is 0 Å². The largest absolute Gasteiger partial charge is 0.476 e. The molecule has 1 heterocycles. The van der Waals surface area contributed by atoms with E-state index in [0.29, 0.717) is 12.5 Å². The van der Waals surface area contributed by atoms with E-state index in [1.54, 1.807) is 6.20 Å². The Labute approximate surface area is 103 Å². The van der Waals surface area contributed by atoms with Crippen LogP contribution in [0.25, 0.3) is 0 Å². The van der Waals surface area contributed by atoms with Gasteiger partial charge >= 0.3 is 0 Å². The molecule has 1 aliphatic rings. The summed E-state index contributed by atoms with van der Waals surface area (Å²) >= 11 is 0. The molecule has 0 aliphatic heterocycles. The third kappa shape index (κ3) is 3.68. The van der Waals surface area contributed by atoms with E-state index in [0.717, 1.165) is 18.2 Å². The average molecular weight is 235 g/mol. The summed E-state index contributed by atoms with van der Waals surface area (Å²) in [4.78, 5) is 6.53. The van der Waals surface area contributed by atoms with Gasteiger partial charge in [-0.25, -0.2) is 4.98 Å². The van der Waals surface area contributed by atoms with Crippen LogP contribution in [0.4, 0.5) is 0 Å². The zero-order valence-electron chi connectivity index (χ0n) is 10.6. The molecule has 2 rings (SSSR count). The van der Waals surface area contributed by atoms with Crippen molar-refractivity contribution in [3.05, 3.63) is 23.9 Å². The molecule has 0 bridgehead atoms. The second kappa shape index (κ2) is 5.47. The third-order valence-corrected chi connectivity index (χ3v) is 3.15. The summed E-state index contributed by atoms with van der Waals surface area (Å²) < 4.78 is 5.64. The van der Waals surface area contributed by atoms with Crippen LogP contribution in [-0.4, -0.2) is 36.1 Å². The van der Waals surface area contributed by atoms with Crippen LogP contribution in [0.5, 0.6) is 5.88 Å². The minimum atomic E-state index is 0.0227. The number of likely N-dealkylation sites (N-methyl/N-ethyl adjacent to an activating group) is 1. The van der Waals surface area contributed by atoms with Crippen LogP contribution < -0.4 is 10.5 Å². The van der Waals surface area contributed by atoms with Crippen molar-refractivity contribution in [3.8, 4) is 5.88 Å². The maximum Gasteiger partial charge on any atom is 0.213 e. The van der Waals surface area contributed by atoms with E-state index in [-0.39, 0.29) is 6.04 Å². The third-order valence-electron chi connectivity index (χ3n) is 3.15. The second-order valence-corrected chi connectivity index (χ2v) is 4.78. The maximum atomic E-state index is 5.82. The fourth-order valence-corrected chi connectivity index (χ4v) is 1.78. The Hall–Kier alpha value is -1.13. The van der Waals surface area contributed by atoms with Crippen molar-refractivity contribution in [2.75, 3.05) is 20.2 Å². The minimum Gasteiger partial charge on any atom is -0.476 e. The number of nitrogens with zero attached hydrogens (tertiary/aromatic N) is 2. The van der Waals surface area contributed by atoms with Gasteiger partial charge in [-0.1, -0.05) is 0 Å². The minimum absolute atomic E-state index is 0.0227. The molecule has 4 heteroatoms. The summed E-state index contributed by atoms with van der Waals surface area (Å²) in [6.07, 6.45) is 4.41. The number of aromatic nitrogens is 1. The molecule has 1 aliphatic carbocycles. The van der Waals surface area contributed by atoms with Gasteiger partial charge in [-0.15, -0.1) is 0 Å². The number of rotatable bonds is 6. The van der Waals surface area contributed by atoms with E-state index in [1.165, 1.54) is 12.8 Å². The number of ether oxygens (including phenoxy) is 1. The Morgan fingerprint density at radius 2 is 2.35 bits per heavy atom. The molecule has 4 nitrogen and oxygen atoms in total. The van der Waals surface area contributed by atoms with Crippen molar-refractivity contribution in [2.45, 2.75) is 31.8 Å². The fourth-order valence-electron chi connectivity index (χ4n) is 1.78. The first-order valence-electron chi connectivity index (χ1n) is 6.21. The molecule has 0 amide bonds. The lowest BCUT2D eigenvalue weighted by Crippen LogP contribution is -2.26. The van der Waals surface area contributed by atoms with Crippen LogP contribution in [0.3, 0.4) is 0 Å². The fraction of sp³-hybridized carbons (Fsp3) is 0.615. The smallest absolute Gasteiger partial charge is 0.213 e. The molecule has 0 aromatic carbocycles. The van der Waals surface area contributed by atoms with Crippen molar-refractivity contribution in [1.82, 2.24) is 9.88 Å². The molecule has 17 heavy (non-hydrogen) atoms. The number of pyridine rings is 1. The second-order valence-electron chi connectivity index (χ2n) is 4.78. The summed E-state index contributed by atoms with van der Waals surface area (Å²) in [7, 11) is 2.15. The summed E-state index contributed by atoms with van der Waals surface area (Å²) in [5, 5.41) is 0. The van der Waals surface area contributed by atoms with E-state index in [1.807, 2.05) is 19.1 Å². The Kier molecular flexibility index (Phi) is 3.97. The molecule has 2 N–H and O–H groups in total. The lowest BCUT2D eigenvalue weighted by Gasteiger charge is -2.15. The van der Waals surface area contributed by atoms with E-state index in [2.05, 4.69) is 16.9 Å². The normalized spacial score (nSPS) is 17.2. The van der Waals surface area contributed by atoms with Crippen LogP contribution in [-0.2, 0) is 0 Å². The average Bonchev–Trinajstić information content (AvgIpc) is 3.13. The van der Waals surface area contributed by atoms with Gasteiger partial charge < -0.3 is 15.4 Å². The highest BCUT2D eigenvalue weighted by atomic mass is 16.5. The van der Waals surface area contributed by atoms with Gasteiger partial charge in [0.15, 0.2) is 0 Å².